The number of hydrogen-bond donors (Lipinski definition) is 0. The van der Waals surface area contributed by atoms with E-state index in [9.17, 15) is 8.42 Å². The van der Waals surface area contributed by atoms with Crippen LogP contribution in [0.1, 0.15) is 0 Å². The van der Waals surface area contributed by atoms with Gasteiger partial charge in [0.1, 0.15) is 0 Å². The lowest BCUT2D eigenvalue weighted by Gasteiger charge is -2.16. The van der Waals surface area contributed by atoms with Gasteiger partial charge in [-0.25, -0.2) is 8.42 Å². The van der Waals surface area contributed by atoms with Gasteiger partial charge in [0.15, 0.2) is 0 Å². The highest BCUT2D eigenvalue weighted by Gasteiger charge is 2.28. The van der Waals surface area contributed by atoms with Crippen molar-refractivity contribution in [2.45, 2.75) is 9.79 Å². The third kappa shape index (κ3) is 4.22. The molecule has 0 fully saturated rings. The van der Waals surface area contributed by atoms with E-state index in [1.807, 2.05) is 60.7 Å². The van der Waals surface area contributed by atoms with Crippen molar-refractivity contribution in [3.05, 3.63) is 104 Å². The monoisotopic (exact) mass is 594 g/mol. The summed E-state index contributed by atoms with van der Waals surface area (Å²) in [6.07, 6.45) is 0. The van der Waals surface area contributed by atoms with Gasteiger partial charge in [-0.15, -0.1) is 0 Å². The Morgan fingerprint density at radius 3 is 1.26 bits per heavy atom. The highest BCUT2D eigenvalue weighted by Crippen LogP contribution is 2.44. The summed E-state index contributed by atoms with van der Waals surface area (Å²) in [6.45, 7) is 0. The van der Waals surface area contributed by atoms with Crippen molar-refractivity contribution in [2.75, 3.05) is 0 Å². The Morgan fingerprint density at radius 1 is 0.548 bits per heavy atom. The van der Waals surface area contributed by atoms with Gasteiger partial charge in [0.25, 0.3) is 0 Å². The molecule has 0 N–H and O–H groups in total. The van der Waals surface area contributed by atoms with Crippen LogP contribution in [0.15, 0.2) is 104 Å². The van der Waals surface area contributed by atoms with Gasteiger partial charge in [-0.1, -0.05) is 83.9 Å². The third-order valence-corrected chi connectivity index (χ3v) is 9.46. The molecular weight excluding hydrogens is 583 g/mol. The summed E-state index contributed by atoms with van der Waals surface area (Å²) < 4.78 is 28.3. The summed E-state index contributed by atoms with van der Waals surface area (Å²) in [5.41, 5.74) is 2.88. The Kier molecular flexibility index (Phi) is 6.61. The van der Waals surface area contributed by atoms with Crippen molar-refractivity contribution in [3.8, 4) is 22.3 Å². The van der Waals surface area contributed by atoms with Crippen molar-refractivity contribution < 1.29 is 8.42 Å². The Labute approximate surface area is 208 Å². The second-order valence-corrected chi connectivity index (χ2v) is 11.0. The Balaban J connectivity index is 1.94. The first-order valence-corrected chi connectivity index (χ1v) is 13.0. The van der Waals surface area contributed by atoms with Crippen molar-refractivity contribution in [3.63, 3.8) is 0 Å². The molecule has 0 aliphatic rings. The van der Waals surface area contributed by atoms with Crippen LogP contribution in [0.2, 0.25) is 10.0 Å². The zero-order valence-corrected chi connectivity index (χ0v) is 21.3. The van der Waals surface area contributed by atoms with Crippen molar-refractivity contribution in [1.29, 1.82) is 0 Å². The SMILES string of the molecule is O=S(=O)(c1ccc(Cl)c(-c2ccccc2)c1Br)c1ccc(Cl)c(-c2ccccc2)c1Br. The summed E-state index contributed by atoms with van der Waals surface area (Å²) in [5, 5.41) is 0.911. The van der Waals surface area contributed by atoms with E-state index in [1.54, 1.807) is 12.1 Å². The quantitative estimate of drug-likeness (QED) is 0.236. The average Bonchev–Trinajstić information content (AvgIpc) is 2.75. The molecule has 0 aliphatic carbocycles. The van der Waals surface area contributed by atoms with E-state index in [0.29, 0.717) is 30.1 Å². The van der Waals surface area contributed by atoms with Crippen molar-refractivity contribution >= 4 is 64.9 Å². The second-order valence-electron chi connectivity index (χ2n) is 6.70. The topological polar surface area (TPSA) is 34.1 Å². The van der Waals surface area contributed by atoms with Gasteiger partial charge in [-0.3, -0.25) is 0 Å². The van der Waals surface area contributed by atoms with Crippen LogP contribution in [0.25, 0.3) is 22.3 Å². The fourth-order valence-electron chi connectivity index (χ4n) is 3.34. The van der Waals surface area contributed by atoms with Crippen LogP contribution in [0.5, 0.6) is 0 Å². The average molecular weight is 597 g/mol. The van der Waals surface area contributed by atoms with Crippen LogP contribution in [0, 0.1) is 0 Å². The van der Waals surface area contributed by atoms with Gasteiger partial charge >= 0.3 is 0 Å². The maximum Gasteiger partial charge on any atom is 0.208 e. The Morgan fingerprint density at radius 2 is 0.903 bits per heavy atom. The highest BCUT2D eigenvalue weighted by molar-refractivity contribution is 9.11. The van der Waals surface area contributed by atoms with Crippen molar-refractivity contribution in [2.24, 2.45) is 0 Å². The molecule has 2 nitrogen and oxygen atoms in total. The first-order chi connectivity index (χ1) is 14.8. The lowest BCUT2D eigenvalue weighted by molar-refractivity contribution is 0.595. The van der Waals surface area contributed by atoms with Gasteiger partial charge in [0, 0.05) is 30.1 Å². The second kappa shape index (κ2) is 9.08. The summed E-state index contributed by atoms with van der Waals surface area (Å²) in [6, 6.07) is 25.0. The molecule has 0 heterocycles. The molecule has 0 saturated carbocycles. The molecule has 0 atom stereocenters. The van der Waals surface area contributed by atoms with Crippen LogP contribution < -0.4 is 0 Å². The molecule has 0 spiro atoms. The van der Waals surface area contributed by atoms with Crippen LogP contribution in [0.3, 0.4) is 0 Å². The number of sulfone groups is 1. The lowest BCUT2D eigenvalue weighted by atomic mass is 10.1. The fraction of sp³-hybridized carbons (Fsp3) is 0. The van der Waals surface area contributed by atoms with Crippen LogP contribution in [0.4, 0.5) is 0 Å². The summed E-state index contributed by atoms with van der Waals surface area (Å²) in [4.78, 5) is 0.246. The number of rotatable bonds is 4. The molecule has 0 aromatic heterocycles. The zero-order chi connectivity index (χ0) is 22.2. The van der Waals surface area contributed by atoms with Crippen LogP contribution >= 0.6 is 55.1 Å². The molecule has 0 radical (unpaired) electrons. The van der Waals surface area contributed by atoms with Gasteiger partial charge in [-0.05, 0) is 67.3 Å². The maximum absolute atomic E-state index is 13.7. The maximum atomic E-state index is 13.7. The minimum absolute atomic E-state index is 0.123. The standard InChI is InChI=1S/C24H14Br2Cl2O2S/c25-23-19(13-11-17(27)21(23)15-7-3-1-4-8-15)31(29,30)20-14-12-18(28)22(24(20)26)16-9-5-2-6-10-16/h1-14H. The van der Waals surface area contributed by atoms with E-state index in [-0.39, 0.29) is 9.79 Å². The summed E-state index contributed by atoms with van der Waals surface area (Å²) in [5.74, 6) is 0. The zero-order valence-electron chi connectivity index (χ0n) is 15.8. The third-order valence-electron chi connectivity index (χ3n) is 4.82. The van der Waals surface area contributed by atoms with E-state index in [4.69, 9.17) is 23.2 Å². The molecule has 0 saturated heterocycles. The molecule has 4 rings (SSSR count). The summed E-state index contributed by atoms with van der Waals surface area (Å²) >= 11 is 19.9. The molecule has 7 heteroatoms. The van der Waals surface area contributed by atoms with Crippen LogP contribution in [-0.4, -0.2) is 8.42 Å². The smallest absolute Gasteiger partial charge is 0.208 e. The molecule has 4 aromatic carbocycles. The predicted molar refractivity (Wildman–Crippen MR) is 135 cm³/mol. The first-order valence-electron chi connectivity index (χ1n) is 9.14. The first kappa shape index (κ1) is 22.6. The lowest BCUT2D eigenvalue weighted by Crippen LogP contribution is -2.06. The van der Waals surface area contributed by atoms with Gasteiger partial charge in [0.2, 0.25) is 9.84 Å². The Bertz CT molecular complexity index is 1270. The van der Waals surface area contributed by atoms with Crippen LogP contribution in [-0.2, 0) is 9.84 Å². The largest absolute Gasteiger partial charge is 0.218 e. The Hall–Kier alpha value is -1.63. The predicted octanol–water partition coefficient (Wildman–Crippen LogP) is 8.69. The highest BCUT2D eigenvalue weighted by atomic mass is 79.9. The van der Waals surface area contributed by atoms with Gasteiger partial charge < -0.3 is 0 Å². The van der Waals surface area contributed by atoms with E-state index in [1.165, 1.54) is 12.1 Å². The number of hydrogen-bond acceptors (Lipinski definition) is 2. The van der Waals surface area contributed by atoms with Gasteiger partial charge in [-0.2, -0.15) is 0 Å². The van der Waals surface area contributed by atoms with E-state index in [2.05, 4.69) is 31.9 Å². The van der Waals surface area contributed by atoms with E-state index < -0.39 is 9.84 Å². The molecule has 0 amide bonds. The van der Waals surface area contributed by atoms with Gasteiger partial charge in [0.05, 0.1) is 9.79 Å². The molecular formula is C24H14Br2Cl2O2S. The minimum atomic E-state index is -3.91. The minimum Gasteiger partial charge on any atom is -0.218 e. The number of halogens is 4. The molecule has 0 bridgehead atoms. The molecule has 0 aliphatic heterocycles. The van der Waals surface area contributed by atoms with Crippen molar-refractivity contribution in [1.82, 2.24) is 0 Å². The van der Waals surface area contributed by atoms with E-state index in [0.717, 1.165) is 11.1 Å². The molecule has 156 valence electrons. The molecule has 31 heavy (non-hydrogen) atoms. The fourth-order valence-corrected chi connectivity index (χ4v) is 7.94. The number of benzene rings is 4. The summed E-state index contributed by atoms with van der Waals surface area (Å²) in [7, 11) is -3.91. The molecule has 4 aromatic rings. The molecule has 0 unspecified atom stereocenters. The normalized spacial score (nSPS) is 11.5. The van der Waals surface area contributed by atoms with E-state index >= 15 is 0 Å².